The van der Waals surface area contributed by atoms with Crippen LogP contribution in [0.5, 0.6) is 5.75 Å². The second-order valence-corrected chi connectivity index (χ2v) is 3.95. The lowest BCUT2D eigenvalue weighted by Crippen LogP contribution is -2.22. The molecule has 1 aromatic carbocycles. The highest BCUT2D eigenvalue weighted by Gasteiger charge is 2.02. The summed E-state index contributed by atoms with van der Waals surface area (Å²) in [5, 5.41) is 0. The molecule has 0 fully saturated rings. The number of anilines is 1. The van der Waals surface area contributed by atoms with Crippen molar-refractivity contribution in [3.63, 3.8) is 0 Å². The second-order valence-electron chi connectivity index (χ2n) is 3.95. The summed E-state index contributed by atoms with van der Waals surface area (Å²) in [5.74, 6) is -1.35. The zero-order valence-electron chi connectivity index (χ0n) is 9.98. The van der Waals surface area contributed by atoms with Gasteiger partial charge < -0.3 is 15.0 Å². The molecule has 2 rings (SSSR count). The molecule has 0 saturated carbocycles. The molecule has 0 atom stereocenters. The molecular formula is C13H12F2N2O2. The van der Waals surface area contributed by atoms with Crippen LogP contribution in [0, 0.1) is 11.6 Å². The molecule has 2 N–H and O–H groups in total. The Labute approximate surface area is 108 Å². The third kappa shape index (κ3) is 3.54. The Morgan fingerprint density at radius 3 is 2.53 bits per heavy atom. The number of rotatable bonds is 4. The molecule has 19 heavy (non-hydrogen) atoms. The van der Waals surface area contributed by atoms with Gasteiger partial charge in [-0.1, -0.05) is 0 Å². The number of nitrogen functional groups attached to an aromatic ring is 1. The van der Waals surface area contributed by atoms with Crippen molar-refractivity contribution in [2.45, 2.75) is 6.54 Å². The highest BCUT2D eigenvalue weighted by molar-refractivity contribution is 5.33. The van der Waals surface area contributed by atoms with Crippen molar-refractivity contribution in [1.29, 1.82) is 0 Å². The maximum atomic E-state index is 12.9. The molecule has 0 aliphatic rings. The van der Waals surface area contributed by atoms with Gasteiger partial charge in [0.1, 0.15) is 24.0 Å². The van der Waals surface area contributed by atoms with Crippen LogP contribution in [0.3, 0.4) is 0 Å². The monoisotopic (exact) mass is 266 g/mol. The number of nitrogens with two attached hydrogens (primary N) is 1. The molecule has 0 amide bonds. The molecule has 2 aromatic rings. The van der Waals surface area contributed by atoms with Gasteiger partial charge in [-0.25, -0.2) is 8.78 Å². The third-order valence-electron chi connectivity index (χ3n) is 2.44. The fraction of sp³-hybridized carbons (Fsp3) is 0.154. The van der Waals surface area contributed by atoms with E-state index in [9.17, 15) is 13.6 Å². The van der Waals surface area contributed by atoms with E-state index in [0.29, 0.717) is 5.69 Å². The van der Waals surface area contributed by atoms with Crippen molar-refractivity contribution in [2.24, 2.45) is 0 Å². The van der Waals surface area contributed by atoms with Gasteiger partial charge in [0, 0.05) is 36.1 Å². The molecule has 0 radical (unpaired) electrons. The molecule has 0 unspecified atom stereocenters. The summed E-state index contributed by atoms with van der Waals surface area (Å²) in [5.41, 5.74) is 5.79. The van der Waals surface area contributed by atoms with Crippen molar-refractivity contribution < 1.29 is 13.5 Å². The fourth-order valence-electron chi connectivity index (χ4n) is 1.60. The molecule has 0 aliphatic carbocycles. The summed E-state index contributed by atoms with van der Waals surface area (Å²) in [6, 6.07) is 5.75. The van der Waals surface area contributed by atoms with Gasteiger partial charge in [0.15, 0.2) is 0 Å². The SMILES string of the molecule is Nc1ccc(=O)n(CCOc2cc(F)cc(F)c2)c1. The van der Waals surface area contributed by atoms with Gasteiger partial charge in [-0.3, -0.25) is 4.79 Å². The van der Waals surface area contributed by atoms with E-state index in [1.54, 1.807) is 0 Å². The van der Waals surface area contributed by atoms with Gasteiger partial charge in [-0.15, -0.1) is 0 Å². The smallest absolute Gasteiger partial charge is 0.250 e. The van der Waals surface area contributed by atoms with Crippen LogP contribution in [0.25, 0.3) is 0 Å². The van der Waals surface area contributed by atoms with E-state index in [0.717, 1.165) is 18.2 Å². The summed E-state index contributed by atoms with van der Waals surface area (Å²) in [6.45, 7) is 0.342. The lowest BCUT2D eigenvalue weighted by atomic mass is 10.3. The number of halogens is 2. The highest BCUT2D eigenvalue weighted by atomic mass is 19.1. The Morgan fingerprint density at radius 2 is 1.84 bits per heavy atom. The maximum absolute atomic E-state index is 12.9. The summed E-state index contributed by atoms with van der Waals surface area (Å²) < 4.78 is 32.4. The largest absolute Gasteiger partial charge is 0.492 e. The van der Waals surface area contributed by atoms with Crippen LogP contribution >= 0.6 is 0 Å². The second kappa shape index (κ2) is 5.51. The summed E-state index contributed by atoms with van der Waals surface area (Å²) in [6.07, 6.45) is 1.48. The van der Waals surface area contributed by atoms with Gasteiger partial charge in [-0.05, 0) is 6.07 Å². The van der Waals surface area contributed by atoms with E-state index in [4.69, 9.17) is 10.5 Å². The van der Waals surface area contributed by atoms with Crippen LogP contribution in [0.2, 0.25) is 0 Å². The first kappa shape index (κ1) is 13.1. The lowest BCUT2D eigenvalue weighted by Gasteiger charge is -2.09. The van der Waals surface area contributed by atoms with Gasteiger partial charge in [0.25, 0.3) is 5.56 Å². The molecule has 0 saturated heterocycles. The average Bonchev–Trinajstić information content (AvgIpc) is 2.32. The number of ether oxygens (including phenoxy) is 1. The molecule has 0 aliphatic heterocycles. The molecule has 1 heterocycles. The van der Waals surface area contributed by atoms with Gasteiger partial charge in [0.05, 0.1) is 6.54 Å². The Kier molecular flexibility index (Phi) is 3.79. The third-order valence-corrected chi connectivity index (χ3v) is 2.44. The summed E-state index contributed by atoms with van der Waals surface area (Å²) in [7, 11) is 0. The lowest BCUT2D eigenvalue weighted by molar-refractivity contribution is 0.293. The van der Waals surface area contributed by atoms with Crippen molar-refractivity contribution in [2.75, 3.05) is 12.3 Å². The van der Waals surface area contributed by atoms with Crippen LogP contribution in [0.4, 0.5) is 14.5 Å². The van der Waals surface area contributed by atoms with Crippen LogP contribution in [0.1, 0.15) is 0 Å². The number of aromatic nitrogens is 1. The van der Waals surface area contributed by atoms with E-state index in [2.05, 4.69) is 0 Å². The quantitative estimate of drug-likeness (QED) is 0.917. The predicted octanol–water partition coefficient (Wildman–Crippen LogP) is 1.79. The molecule has 6 heteroatoms. The minimum atomic E-state index is -0.712. The maximum Gasteiger partial charge on any atom is 0.250 e. The first-order valence-corrected chi connectivity index (χ1v) is 5.59. The topological polar surface area (TPSA) is 57.2 Å². The Hall–Kier alpha value is -2.37. The zero-order valence-corrected chi connectivity index (χ0v) is 9.98. The van der Waals surface area contributed by atoms with Crippen LogP contribution < -0.4 is 16.0 Å². The molecular weight excluding hydrogens is 254 g/mol. The van der Waals surface area contributed by atoms with Crippen molar-refractivity contribution in [3.8, 4) is 5.75 Å². The Bertz CT molecular complexity index is 621. The van der Waals surface area contributed by atoms with E-state index < -0.39 is 11.6 Å². The highest BCUT2D eigenvalue weighted by Crippen LogP contribution is 2.15. The molecule has 1 aromatic heterocycles. The van der Waals surface area contributed by atoms with Gasteiger partial charge >= 0.3 is 0 Å². The van der Waals surface area contributed by atoms with E-state index in [1.807, 2.05) is 0 Å². The summed E-state index contributed by atoms with van der Waals surface area (Å²) in [4.78, 5) is 11.5. The van der Waals surface area contributed by atoms with Crippen LogP contribution in [0.15, 0.2) is 41.3 Å². The Morgan fingerprint density at radius 1 is 1.16 bits per heavy atom. The van der Waals surface area contributed by atoms with Gasteiger partial charge in [-0.2, -0.15) is 0 Å². The predicted molar refractivity (Wildman–Crippen MR) is 67.0 cm³/mol. The van der Waals surface area contributed by atoms with Crippen LogP contribution in [-0.2, 0) is 6.54 Å². The fourth-order valence-corrected chi connectivity index (χ4v) is 1.60. The first-order valence-electron chi connectivity index (χ1n) is 5.59. The molecule has 100 valence electrons. The minimum absolute atomic E-state index is 0.0782. The molecule has 0 bridgehead atoms. The number of pyridine rings is 1. The number of nitrogens with zero attached hydrogens (tertiary/aromatic N) is 1. The zero-order chi connectivity index (χ0) is 13.8. The first-order chi connectivity index (χ1) is 9.04. The van der Waals surface area contributed by atoms with Crippen molar-refractivity contribution in [1.82, 2.24) is 4.57 Å². The standard InChI is InChI=1S/C13H12F2N2O2/c14-9-5-10(15)7-12(6-9)19-4-3-17-8-11(16)1-2-13(17)18/h1-2,5-8H,3-4,16H2. The molecule has 0 spiro atoms. The normalized spacial score (nSPS) is 10.4. The number of benzene rings is 1. The summed E-state index contributed by atoms with van der Waals surface area (Å²) >= 11 is 0. The van der Waals surface area contributed by atoms with Crippen molar-refractivity contribution in [3.05, 3.63) is 58.5 Å². The van der Waals surface area contributed by atoms with Crippen molar-refractivity contribution >= 4 is 5.69 Å². The number of hydrogen-bond acceptors (Lipinski definition) is 3. The van der Waals surface area contributed by atoms with E-state index >= 15 is 0 Å². The van der Waals surface area contributed by atoms with E-state index in [-0.39, 0.29) is 24.5 Å². The molecule has 4 nitrogen and oxygen atoms in total. The van der Waals surface area contributed by atoms with Gasteiger partial charge in [0.2, 0.25) is 0 Å². The van der Waals surface area contributed by atoms with E-state index in [1.165, 1.54) is 22.9 Å². The average molecular weight is 266 g/mol. The van der Waals surface area contributed by atoms with Crippen LogP contribution in [-0.4, -0.2) is 11.2 Å². The Balaban J connectivity index is 2.00. The minimum Gasteiger partial charge on any atom is -0.492 e. The number of hydrogen-bond donors (Lipinski definition) is 1.